The van der Waals surface area contributed by atoms with E-state index in [2.05, 4.69) is 5.32 Å². The van der Waals surface area contributed by atoms with Crippen LogP contribution in [0.1, 0.15) is 15.9 Å². The molecule has 4 rings (SSSR count). The molecule has 0 aliphatic heterocycles. The van der Waals surface area contributed by atoms with Gasteiger partial charge in [0.15, 0.2) is 0 Å². The molecular formula is C23H16Cl2N2O. The van der Waals surface area contributed by atoms with E-state index in [0.29, 0.717) is 21.3 Å². The first-order valence-electron chi connectivity index (χ1n) is 8.76. The van der Waals surface area contributed by atoms with Gasteiger partial charge < -0.3 is 5.32 Å². The van der Waals surface area contributed by atoms with E-state index in [4.69, 9.17) is 28.2 Å². The monoisotopic (exact) mass is 406 g/mol. The highest BCUT2D eigenvalue weighted by atomic mass is 35.5. The number of pyridine rings is 1. The van der Waals surface area contributed by atoms with Crippen molar-refractivity contribution in [3.05, 3.63) is 94.0 Å². The molecule has 0 radical (unpaired) electrons. The Kier molecular flexibility index (Phi) is 5.03. The van der Waals surface area contributed by atoms with E-state index in [9.17, 15) is 4.79 Å². The Hall–Kier alpha value is -2.88. The third kappa shape index (κ3) is 3.47. The van der Waals surface area contributed by atoms with Crippen LogP contribution in [0.5, 0.6) is 0 Å². The number of amides is 1. The fourth-order valence-corrected chi connectivity index (χ4v) is 3.71. The van der Waals surface area contributed by atoms with Gasteiger partial charge in [0.05, 0.1) is 27.5 Å². The standard InChI is InChI=1S/C23H16Cl2N2O/c1-14-21(23(28)27-20-12-11-16(24)13-18(20)25)17-9-5-6-10-19(17)26-22(14)15-7-3-2-4-8-15/h2-13H,1H3,(H,27,28). The van der Waals surface area contributed by atoms with Crippen molar-refractivity contribution in [2.75, 3.05) is 5.32 Å². The second-order valence-corrected chi connectivity index (χ2v) is 7.27. The first-order valence-corrected chi connectivity index (χ1v) is 9.51. The van der Waals surface area contributed by atoms with Crippen molar-refractivity contribution in [3.8, 4) is 11.3 Å². The topological polar surface area (TPSA) is 42.0 Å². The summed E-state index contributed by atoms with van der Waals surface area (Å²) in [6, 6.07) is 22.5. The minimum absolute atomic E-state index is 0.238. The van der Waals surface area contributed by atoms with Crippen LogP contribution in [-0.4, -0.2) is 10.9 Å². The maximum absolute atomic E-state index is 13.2. The second kappa shape index (κ2) is 7.63. The van der Waals surface area contributed by atoms with E-state index >= 15 is 0 Å². The molecule has 0 aliphatic rings. The van der Waals surface area contributed by atoms with Crippen LogP contribution in [0.25, 0.3) is 22.2 Å². The average molecular weight is 407 g/mol. The number of benzene rings is 3. The number of carbonyl (C=O) groups excluding carboxylic acids is 1. The molecule has 1 N–H and O–H groups in total. The molecule has 1 aromatic heterocycles. The molecule has 0 bridgehead atoms. The van der Waals surface area contributed by atoms with Gasteiger partial charge in [0.25, 0.3) is 5.91 Å². The van der Waals surface area contributed by atoms with E-state index in [1.807, 2.05) is 61.5 Å². The van der Waals surface area contributed by atoms with Crippen LogP contribution in [0.15, 0.2) is 72.8 Å². The highest BCUT2D eigenvalue weighted by Gasteiger charge is 2.19. The molecule has 0 saturated carbocycles. The summed E-state index contributed by atoms with van der Waals surface area (Å²) < 4.78 is 0. The van der Waals surface area contributed by atoms with Crippen LogP contribution in [-0.2, 0) is 0 Å². The van der Waals surface area contributed by atoms with Crippen molar-refractivity contribution in [1.29, 1.82) is 0 Å². The smallest absolute Gasteiger partial charge is 0.256 e. The molecule has 0 unspecified atom stereocenters. The lowest BCUT2D eigenvalue weighted by Gasteiger charge is -2.15. The van der Waals surface area contributed by atoms with Gasteiger partial charge in [-0.2, -0.15) is 0 Å². The van der Waals surface area contributed by atoms with Crippen molar-refractivity contribution in [3.63, 3.8) is 0 Å². The summed E-state index contributed by atoms with van der Waals surface area (Å²) in [6.07, 6.45) is 0. The molecule has 0 saturated heterocycles. The molecule has 5 heteroatoms. The lowest BCUT2D eigenvalue weighted by molar-refractivity contribution is 0.102. The Bertz CT molecular complexity index is 1190. The maximum Gasteiger partial charge on any atom is 0.256 e. The van der Waals surface area contributed by atoms with Gasteiger partial charge >= 0.3 is 0 Å². The number of nitrogens with one attached hydrogen (secondary N) is 1. The SMILES string of the molecule is Cc1c(-c2ccccc2)nc2ccccc2c1C(=O)Nc1ccc(Cl)cc1Cl. The Balaban J connectivity index is 1.87. The van der Waals surface area contributed by atoms with Gasteiger partial charge in [-0.25, -0.2) is 4.98 Å². The van der Waals surface area contributed by atoms with Crippen LogP contribution < -0.4 is 5.32 Å². The summed E-state index contributed by atoms with van der Waals surface area (Å²) in [5.74, 6) is -0.238. The van der Waals surface area contributed by atoms with Crippen molar-refractivity contribution in [2.24, 2.45) is 0 Å². The number of aromatic nitrogens is 1. The van der Waals surface area contributed by atoms with Crippen molar-refractivity contribution in [2.45, 2.75) is 6.92 Å². The highest BCUT2D eigenvalue weighted by Crippen LogP contribution is 2.31. The number of anilines is 1. The van der Waals surface area contributed by atoms with Gasteiger partial charge in [-0.05, 0) is 36.8 Å². The van der Waals surface area contributed by atoms with Crippen molar-refractivity contribution < 1.29 is 4.79 Å². The van der Waals surface area contributed by atoms with Gasteiger partial charge in [0.1, 0.15) is 0 Å². The van der Waals surface area contributed by atoms with Gasteiger partial charge in [0, 0.05) is 16.0 Å². The van der Waals surface area contributed by atoms with Gasteiger partial charge in [-0.1, -0.05) is 71.7 Å². The lowest BCUT2D eigenvalue weighted by Crippen LogP contribution is -2.15. The van der Waals surface area contributed by atoms with E-state index in [1.165, 1.54) is 0 Å². The first-order chi connectivity index (χ1) is 13.5. The van der Waals surface area contributed by atoms with Crippen LogP contribution in [0.3, 0.4) is 0 Å². The predicted molar refractivity (Wildman–Crippen MR) is 116 cm³/mol. The molecule has 1 amide bonds. The fourth-order valence-electron chi connectivity index (χ4n) is 3.25. The summed E-state index contributed by atoms with van der Waals surface area (Å²) in [6.45, 7) is 1.92. The maximum atomic E-state index is 13.2. The Labute approximate surface area is 172 Å². The molecule has 0 fully saturated rings. The van der Waals surface area contributed by atoms with Crippen LogP contribution in [0.4, 0.5) is 5.69 Å². The number of hydrogen-bond acceptors (Lipinski definition) is 2. The number of rotatable bonds is 3. The van der Waals surface area contributed by atoms with Crippen molar-refractivity contribution in [1.82, 2.24) is 4.98 Å². The third-order valence-corrected chi connectivity index (χ3v) is 5.14. The molecule has 0 aliphatic carbocycles. The molecule has 1 heterocycles. The van der Waals surface area contributed by atoms with Gasteiger partial charge in [-0.3, -0.25) is 4.79 Å². The largest absolute Gasteiger partial charge is 0.321 e. The summed E-state index contributed by atoms with van der Waals surface area (Å²) in [5.41, 5.74) is 4.41. The normalized spacial score (nSPS) is 10.8. The Morgan fingerprint density at radius 2 is 1.64 bits per heavy atom. The quantitative estimate of drug-likeness (QED) is 0.407. The summed E-state index contributed by atoms with van der Waals surface area (Å²) >= 11 is 12.2. The van der Waals surface area contributed by atoms with Gasteiger partial charge in [0.2, 0.25) is 0 Å². The highest BCUT2D eigenvalue weighted by molar-refractivity contribution is 6.37. The number of fused-ring (bicyclic) bond motifs is 1. The average Bonchev–Trinajstić information content (AvgIpc) is 2.70. The molecule has 0 atom stereocenters. The lowest BCUT2D eigenvalue weighted by atomic mass is 9.97. The van der Waals surface area contributed by atoms with E-state index < -0.39 is 0 Å². The van der Waals surface area contributed by atoms with E-state index in [-0.39, 0.29) is 5.91 Å². The van der Waals surface area contributed by atoms with Gasteiger partial charge in [-0.15, -0.1) is 0 Å². The molecule has 3 nitrogen and oxygen atoms in total. The van der Waals surface area contributed by atoms with Crippen LogP contribution in [0, 0.1) is 6.92 Å². The molecule has 0 spiro atoms. The molecule has 4 aromatic rings. The molecule has 3 aromatic carbocycles. The second-order valence-electron chi connectivity index (χ2n) is 6.42. The van der Waals surface area contributed by atoms with E-state index in [1.54, 1.807) is 18.2 Å². The van der Waals surface area contributed by atoms with Crippen LogP contribution >= 0.6 is 23.2 Å². The van der Waals surface area contributed by atoms with Crippen molar-refractivity contribution >= 4 is 45.7 Å². The third-order valence-electron chi connectivity index (χ3n) is 4.59. The first kappa shape index (κ1) is 18.5. The molecular weight excluding hydrogens is 391 g/mol. The summed E-state index contributed by atoms with van der Waals surface area (Å²) in [7, 11) is 0. The summed E-state index contributed by atoms with van der Waals surface area (Å²) in [5, 5.41) is 4.60. The zero-order valence-electron chi connectivity index (χ0n) is 15.0. The number of hydrogen-bond donors (Lipinski definition) is 1. The minimum Gasteiger partial charge on any atom is -0.321 e. The fraction of sp³-hybridized carbons (Fsp3) is 0.0435. The van der Waals surface area contributed by atoms with E-state index in [0.717, 1.165) is 27.7 Å². The van der Waals surface area contributed by atoms with Crippen LogP contribution in [0.2, 0.25) is 10.0 Å². The minimum atomic E-state index is -0.238. The zero-order valence-corrected chi connectivity index (χ0v) is 16.6. The number of halogens is 2. The number of nitrogens with zero attached hydrogens (tertiary/aromatic N) is 1. The number of para-hydroxylation sites is 1. The number of carbonyl (C=O) groups is 1. The zero-order chi connectivity index (χ0) is 19.7. The Morgan fingerprint density at radius 1 is 0.929 bits per heavy atom. The summed E-state index contributed by atoms with van der Waals surface area (Å²) in [4.78, 5) is 18.0. The predicted octanol–water partition coefficient (Wildman–Crippen LogP) is 6.77. The molecule has 28 heavy (non-hydrogen) atoms. The Morgan fingerprint density at radius 3 is 2.39 bits per heavy atom. The molecule has 138 valence electrons.